The third kappa shape index (κ3) is 5.59. The first-order valence-electron chi connectivity index (χ1n) is 11.4. The second-order valence-electron chi connectivity index (χ2n) is 8.47. The first-order chi connectivity index (χ1) is 16.6. The molecule has 0 aliphatic rings. The number of likely N-dealkylation sites (N-methyl/N-ethyl adjacent to an activating group) is 1. The molecule has 6 heteroatoms. The standard InChI is InChI=1S/C28H31N3O3/c1-20-8-5-6-11-25(20)26-13-12-23(17-24(26)19-33-4)28-29-27(30-34-28)22-10-7-9-21(16-22)18-31(2)14-15-32-3/h5-13,16-17H,14-15,18-19H2,1-4H3. The zero-order valence-corrected chi connectivity index (χ0v) is 20.2. The molecule has 0 unspecified atom stereocenters. The number of aryl methyl sites for hydroxylation is 1. The van der Waals surface area contributed by atoms with Crippen LogP contribution in [0.1, 0.15) is 16.7 Å². The summed E-state index contributed by atoms with van der Waals surface area (Å²) >= 11 is 0. The number of nitrogens with zero attached hydrogens (tertiary/aromatic N) is 3. The fourth-order valence-corrected chi connectivity index (χ4v) is 4.04. The van der Waals surface area contributed by atoms with Crippen molar-refractivity contribution in [3.63, 3.8) is 0 Å². The first-order valence-corrected chi connectivity index (χ1v) is 11.4. The minimum Gasteiger partial charge on any atom is -0.383 e. The van der Waals surface area contributed by atoms with Gasteiger partial charge in [-0.25, -0.2) is 0 Å². The molecule has 0 fully saturated rings. The molecule has 1 heterocycles. The van der Waals surface area contributed by atoms with Crippen molar-refractivity contribution in [1.82, 2.24) is 15.0 Å². The summed E-state index contributed by atoms with van der Waals surface area (Å²) in [6, 6.07) is 22.8. The Balaban J connectivity index is 1.59. The summed E-state index contributed by atoms with van der Waals surface area (Å²) in [7, 11) is 5.51. The smallest absolute Gasteiger partial charge is 0.258 e. The Hall–Kier alpha value is -3.32. The Bertz CT molecular complexity index is 1240. The zero-order chi connectivity index (χ0) is 23.9. The molecular formula is C28H31N3O3. The number of aromatic nitrogens is 2. The third-order valence-electron chi connectivity index (χ3n) is 5.83. The Kier molecular flexibility index (Phi) is 7.85. The quantitative estimate of drug-likeness (QED) is 0.309. The molecule has 0 bridgehead atoms. The lowest BCUT2D eigenvalue weighted by molar-refractivity contribution is 0.158. The van der Waals surface area contributed by atoms with Crippen LogP contribution in [-0.2, 0) is 22.6 Å². The summed E-state index contributed by atoms with van der Waals surface area (Å²) in [5, 5.41) is 4.25. The van der Waals surface area contributed by atoms with E-state index in [1.807, 2.05) is 18.2 Å². The van der Waals surface area contributed by atoms with E-state index < -0.39 is 0 Å². The highest BCUT2D eigenvalue weighted by Gasteiger charge is 2.15. The van der Waals surface area contributed by atoms with Crippen LogP contribution in [0, 0.1) is 6.92 Å². The molecule has 0 aliphatic carbocycles. The molecule has 176 valence electrons. The normalized spacial score (nSPS) is 11.3. The number of ether oxygens (including phenoxy) is 2. The highest BCUT2D eigenvalue weighted by atomic mass is 16.5. The molecule has 1 aromatic heterocycles. The van der Waals surface area contributed by atoms with Crippen LogP contribution in [-0.4, -0.2) is 49.5 Å². The van der Waals surface area contributed by atoms with E-state index in [0.717, 1.165) is 35.3 Å². The van der Waals surface area contributed by atoms with E-state index in [2.05, 4.69) is 77.5 Å². The average molecular weight is 458 g/mol. The molecule has 0 spiro atoms. The van der Waals surface area contributed by atoms with Crippen molar-refractivity contribution >= 4 is 0 Å². The van der Waals surface area contributed by atoms with E-state index in [1.165, 1.54) is 16.7 Å². The van der Waals surface area contributed by atoms with E-state index >= 15 is 0 Å². The zero-order valence-electron chi connectivity index (χ0n) is 20.2. The van der Waals surface area contributed by atoms with Crippen molar-refractivity contribution in [2.45, 2.75) is 20.1 Å². The van der Waals surface area contributed by atoms with Gasteiger partial charge in [-0.05, 0) is 60.0 Å². The average Bonchev–Trinajstić information content (AvgIpc) is 3.34. The Labute approximate surface area is 201 Å². The van der Waals surface area contributed by atoms with Crippen LogP contribution in [0.25, 0.3) is 34.0 Å². The molecule has 6 nitrogen and oxygen atoms in total. The van der Waals surface area contributed by atoms with E-state index in [4.69, 9.17) is 14.0 Å². The van der Waals surface area contributed by atoms with Crippen molar-refractivity contribution in [3.05, 3.63) is 83.4 Å². The maximum atomic E-state index is 5.65. The Morgan fingerprint density at radius 2 is 1.74 bits per heavy atom. The molecule has 0 aliphatic heterocycles. The van der Waals surface area contributed by atoms with Gasteiger partial charge in [0.15, 0.2) is 0 Å². The van der Waals surface area contributed by atoms with Crippen LogP contribution in [0.5, 0.6) is 0 Å². The Morgan fingerprint density at radius 1 is 0.882 bits per heavy atom. The van der Waals surface area contributed by atoms with E-state index in [1.54, 1.807) is 14.2 Å². The molecular weight excluding hydrogens is 426 g/mol. The van der Waals surface area contributed by atoms with E-state index in [0.29, 0.717) is 24.9 Å². The maximum Gasteiger partial charge on any atom is 0.258 e. The predicted molar refractivity (Wildman–Crippen MR) is 134 cm³/mol. The molecule has 3 aromatic carbocycles. The molecule has 0 saturated heterocycles. The van der Waals surface area contributed by atoms with Gasteiger partial charge in [0.25, 0.3) is 5.89 Å². The van der Waals surface area contributed by atoms with Crippen LogP contribution in [0.15, 0.2) is 71.3 Å². The number of hydrogen-bond acceptors (Lipinski definition) is 6. The van der Waals surface area contributed by atoms with Gasteiger partial charge in [-0.3, -0.25) is 4.90 Å². The number of benzene rings is 3. The fraction of sp³-hybridized carbons (Fsp3) is 0.286. The van der Waals surface area contributed by atoms with Crippen molar-refractivity contribution < 1.29 is 14.0 Å². The number of rotatable bonds is 10. The summed E-state index contributed by atoms with van der Waals surface area (Å²) in [5.74, 6) is 1.07. The largest absolute Gasteiger partial charge is 0.383 e. The lowest BCUT2D eigenvalue weighted by atomic mass is 9.94. The van der Waals surface area contributed by atoms with Gasteiger partial charge in [0.2, 0.25) is 5.82 Å². The predicted octanol–water partition coefficient (Wildman–Crippen LogP) is 5.60. The van der Waals surface area contributed by atoms with Gasteiger partial charge in [0, 0.05) is 38.4 Å². The highest BCUT2D eigenvalue weighted by Crippen LogP contribution is 2.31. The second-order valence-corrected chi connectivity index (χ2v) is 8.47. The van der Waals surface area contributed by atoms with Crippen LogP contribution < -0.4 is 0 Å². The molecule has 0 saturated carbocycles. The van der Waals surface area contributed by atoms with Crippen molar-refractivity contribution in [1.29, 1.82) is 0 Å². The minimum absolute atomic E-state index is 0.492. The first kappa shape index (κ1) is 23.8. The molecule has 0 N–H and O–H groups in total. The van der Waals surface area contributed by atoms with Crippen LogP contribution >= 0.6 is 0 Å². The van der Waals surface area contributed by atoms with Gasteiger partial charge in [-0.1, -0.05) is 53.7 Å². The number of hydrogen-bond donors (Lipinski definition) is 0. The Morgan fingerprint density at radius 3 is 2.53 bits per heavy atom. The molecule has 0 amide bonds. The molecule has 0 atom stereocenters. The fourth-order valence-electron chi connectivity index (χ4n) is 4.04. The lowest BCUT2D eigenvalue weighted by Crippen LogP contribution is -2.22. The summed E-state index contributed by atoms with van der Waals surface area (Å²) < 4.78 is 16.3. The number of methoxy groups -OCH3 is 2. The summed E-state index contributed by atoms with van der Waals surface area (Å²) in [4.78, 5) is 6.91. The lowest BCUT2D eigenvalue weighted by Gasteiger charge is -2.16. The van der Waals surface area contributed by atoms with E-state index in [-0.39, 0.29) is 0 Å². The minimum atomic E-state index is 0.492. The van der Waals surface area contributed by atoms with Crippen molar-refractivity contribution in [3.8, 4) is 34.0 Å². The van der Waals surface area contributed by atoms with Gasteiger partial charge in [-0.2, -0.15) is 4.98 Å². The van der Waals surface area contributed by atoms with Crippen LogP contribution in [0.2, 0.25) is 0 Å². The monoisotopic (exact) mass is 457 g/mol. The van der Waals surface area contributed by atoms with Gasteiger partial charge in [0.1, 0.15) is 0 Å². The van der Waals surface area contributed by atoms with Crippen LogP contribution in [0.4, 0.5) is 0 Å². The highest BCUT2D eigenvalue weighted by molar-refractivity contribution is 5.74. The van der Waals surface area contributed by atoms with Crippen LogP contribution in [0.3, 0.4) is 0 Å². The molecule has 4 rings (SSSR count). The maximum absolute atomic E-state index is 5.65. The molecule has 34 heavy (non-hydrogen) atoms. The van der Waals surface area contributed by atoms with Gasteiger partial charge in [0.05, 0.1) is 13.2 Å². The third-order valence-corrected chi connectivity index (χ3v) is 5.83. The van der Waals surface area contributed by atoms with Crippen molar-refractivity contribution in [2.75, 3.05) is 34.4 Å². The van der Waals surface area contributed by atoms with Crippen molar-refractivity contribution in [2.24, 2.45) is 0 Å². The van der Waals surface area contributed by atoms with E-state index in [9.17, 15) is 0 Å². The molecule has 0 radical (unpaired) electrons. The van der Waals surface area contributed by atoms with Gasteiger partial charge < -0.3 is 14.0 Å². The molecule has 4 aromatic rings. The summed E-state index contributed by atoms with van der Waals surface area (Å²) in [6.07, 6.45) is 0. The van der Waals surface area contributed by atoms with Gasteiger partial charge >= 0.3 is 0 Å². The topological polar surface area (TPSA) is 60.6 Å². The summed E-state index contributed by atoms with van der Waals surface area (Å²) in [5.41, 5.74) is 7.64. The van der Waals surface area contributed by atoms with Gasteiger partial charge in [-0.15, -0.1) is 0 Å². The second kappa shape index (κ2) is 11.2. The SMILES string of the molecule is COCCN(C)Cc1cccc(-c2noc(-c3ccc(-c4ccccc4C)c(COC)c3)n2)c1. The summed E-state index contributed by atoms with van der Waals surface area (Å²) in [6.45, 7) is 5.01.